The van der Waals surface area contributed by atoms with E-state index >= 15 is 0 Å². The van der Waals surface area contributed by atoms with Gasteiger partial charge in [0.25, 0.3) is 0 Å². The first kappa shape index (κ1) is 14.4. The van der Waals surface area contributed by atoms with Crippen molar-refractivity contribution in [3.63, 3.8) is 0 Å². The molecule has 0 aromatic heterocycles. The van der Waals surface area contributed by atoms with Crippen molar-refractivity contribution in [2.75, 3.05) is 49.6 Å². The van der Waals surface area contributed by atoms with Gasteiger partial charge in [-0.3, -0.25) is 4.79 Å². The zero-order chi connectivity index (χ0) is 14.7. The topological polar surface area (TPSA) is 53.6 Å². The average Bonchev–Trinajstić information content (AvgIpc) is 2.47. The standard InChI is InChI=1S/C16H23N3O2/c1-12(13-10-17-11-13)16(20)18-14-2-4-15(5-3-14)19-6-8-21-9-7-19/h2-5,12-13,17H,6-11H2,1H3,(H,18,20). The summed E-state index contributed by atoms with van der Waals surface area (Å²) < 4.78 is 5.36. The van der Waals surface area contributed by atoms with E-state index in [9.17, 15) is 4.79 Å². The molecule has 5 heteroatoms. The average molecular weight is 289 g/mol. The Hall–Kier alpha value is -1.59. The van der Waals surface area contributed by atoms with Gasteiger partial charge in [0.1, 0.15) is 0 Å². The van der Waals surface area contributed by atoms with Crippen molar-refractivity contribution in [2.45, 2.75) is 6.92 Å². The maximum absolute atomic E-state index is 12.2. The van der Waals surface area contributed by atoms with Gasteiger partial charge in [0.05, 0.1) is 13.2 Å². The molecule has 2 saturated heterocycles. The molecule has 2 aliphatic heterocycles. The minimum absolute atomic E-state index is 0.0603. The number of amides is 1. The summed E-state index contributed by atoms with van der Waals surface area (Å²) in [5, 5.41) is 6.22. The molecular formula is C16H23N3O2. The van der Waals surface area contributed by atoms with Crippen LogP contribution < -0.4 is 15.5 Å². The number of hydrogen-bond donors (Lipinski definition) is 2. The van der Waals surface area contributed by atoms with Gasteiger partial charge >= 0.3 is 0 Å². The molecule has 1 atom stereocenters. The lowest BCUT2D eigenvalue weighted by Gasteiger charge is -2.31. The molecule has 1 unspecified atom stereocenters. The largest absolute Gasteiger partial charge is 0.378 e. The Morgan fingerprint density at radius 1 is 1.29 bits per heavy atom. The highest BCUT2D eigenvalue weighted by Gasteiger charge is 2.28. The van der Waals surface area contributed by atoms with Crippen molar-refractivity contribution < 1.29 is 9.53 Å². The highest BCUT2D eigenvalue weighted by molar-refractivity contribution is 5.92. The molecule has 0 spiro atoms. The van der Waals surface area contributed by atoms with Crippen LogP contribution in [0.4, 0.5) is 11.4 Å². The van der Waals surface area contributed by atoms with Crippen molar-refractivity contribution in [2.24, 2.45) is 11.8 Å². The number of hydrogen-bond acceptors (Lipinski definition) is 4. The van der Waals surface area contributed by atoms with E-state index in [0.717, 1.165) is 45.1 Å². The quantitative estimate of drug-likeness (QED) is 0.878. The minimum atomic E-state index is 0.0603. The van der Waals surface area contributed by atoms with Gasteiger partial charge in [0, 0.05) is 30.4 Å². The number of benzene rings is 1. The molecule has 2 aliphatic rings. The Bertz CT molecular complexity index is 479. The van der Waals surface area contributed by atoms with Crippen molar-refractivity contribution in [3.05, 3.63) is 24.3 Å². The van der Waals surface area contributed by atoms with Gasteiger partial charge in [-0.15, -0.1) is 0 Å². The number of ether oxygens (including phenoxy) is 1. The van der Waals surface area contributed by atoms with Crippen molar-refractivity contribution >= 4 is 17.3 Å². The van der Waals surface area contributed by atoms with E-state index in [1.807, 2.05) is 19.1 Å². The lowest BCUT2D eigenvalue weighted by atomic mass is 9.88. The van der Waals surface area contributed by atoms with Crippen LogP contribution in [0.1, 0.15) is 6.92 Å². The molecule has 0 radical (unpaired) electrons. The second-order valence-electron chi connectivity index (χ2n) is 5.84. The van der Waals surface area contributed by atoms with Crippen LogP contribution in [0.15, 0.2) is 24.3 Å². The van der Waals surface area contributed by atoms with E-state index in [0.29, 0.717) is 5.92 Å². The third-order valence-corrected chi connectivity index (χ3v) is 4.44. The summed E-state index contributed by atoms with van der Waals surface area (Å²) in [7, 11) is 0. The maximum Gasteiger partial charge on any atom is 0.227 e. The summed E-state index contributed by atoms with van der Waals surface area (Å²) in [6.45, 7) is 7.32. The first-order chi connectivity index (χ1) is 10.2. The van der Waals surface area contributed by atoms with Crippen molar-refractivity contribution in [1.29, 1.82) is 0 Å². The van der Waals surface area contributed by atoms with Crippen LogP contribution >= 0.6 is 0 Å². The van der Waals surface area contributed by atoms with Crippen LogP contribution in [0, 0.1) is 11.8 Å². The predicted molar refractivity (Wildman–Crippen MR) is 83.6 cm³/mol. The normalized spacial score (nSPS) is 20.7. The summed E-state index contributed by atoms with van der Waals surface area (Å²) in [6, 6.07) is 8.09. The molecule has 0 bridgehead atoms. The van der Waals surface area contributed by atoms with Crippen LogP contribution in [-0.2, 0) is 9.53 Å². The zero-order valence-corrected chi connectivity index (χ0v) is 12.5. The van der Waals surface area contributed by atoms with Gasteiger partial charge in [-0.05, 0) is 43.3 Å². The summed E-state index contributed by atoms with van der Waals surface area (Å²) in [4.78, 5) is 14.5. The highest BCUT2D eigenvalue weighted by Crippen LogP contribution is 2.21. The van der Waals surface area contributed by atoms with Gasteiger partial charge in [-0.2, -0.15) is 0 Å². The predicted octanol–water partition coefficient (Wildman–Crippen LogP) is 1.32. The molecule has 1 amide bonds. The fourth-order valence-electron chi connectivity index (χ4n) is 2.71. The monoisotopic (exact) mass is 289 g/mol. The van der Waals surface area contributed by atoms with Crippen LogP contribution in [0.5, 0.6) is 0 Å². The molecule has 5 nitrogen and oxygen atoms in total. The Kier molecular flexibility index (Phi) is 4.41. The smallest absolute Gasteiger partial charge is 0.227 e. The van der Waals surface area contributed by atoms with Crippen molar-refractivity contribution in [3.8, 4) is 0 Å². The molecule has 1 aromatic carbocycles. The number of carbonyl (C=O) groups is 1. The molecule has 3 rings (SSSR count). The number of rotatable bonds is 4. The summed E-state index contributed by atoms with van der Waals surface area (Å²) in [6.07, 6.45) is 0. The summed E-state index contributed by atoms with van der Waals surface area (Å²) in [5.41, 5.74) is 2.06. The molecule has 0 aliphatic carbocycles. The molecular weight excluding hydrogens is 266 g/mol. The fraction of sp³-hybridized carbons (Fsp3) is 0.562. The van der Waals surface area contributed by atoms with Gasteiger partial charge in [0.15, 0.2) is 0 Å². The Balaban J connectivity index is 1.57. The van der Waals surface area contributed by atoms with E-state index < -0.39 is 0 Å². The Morgan fingerprint density at radius 3 is 2.52 bits per heavy atom. The molecule has 0 saturated carbocycles. The number of morpholine rings is 1. The van der Waals surface area contributed by atoms with E-state index in [1.165, 1.54) is 5.69 Å². The van der Waals surface area contributed by atoms with Gasteiger partial charge < -0.3 is 20.3 Å². The Morgan fingerprint density at radius 2 is 1.95 bits per heavy atom. The number of anilines is 2. The second kappa shape index (κ2) is 6.45. The Labute approximate surface area is 125 Å². The molecule has 21 heavy (non-hydrogen) atoms. The summed E-state index contributed by atoms with van der Waals surface area (Å²) in [5.74, 6) is 0.642. The zero-order valence-electron chi connectivity index (χ0n) is 12.5. The third kappa shape index (κ3) is 3.36. The number of nitrogens with zero attached hydrogens (tertiary/aromatic N) is 1. The van der Waals surface area contributed by atoms with Gasteiger partial charge in [-0.25, -0.2) is 0 Å². The number of nitrogens with one attached hydrogen (secondary N) is 2. The maximum atomic E-state index is 12.2. The lowest BCUT2D eigenvalue weighted by Crippen LogP contribution is -2.48. The fourth-order valence-corrected chi connectivity index (χ4v) is 2.71. The van der Waals surface area contributed by atoms with Crippen LogP contribution in [0.2, 0.25) is 0 Å². The molecule has 2 fully saturated rings. The van der Waals surface area contributed by atoms with E-state index in [2.05, 4.69) is 27.7 Å². The second-order valence-corrected chi connectivity index (χ2v) is 5.84. The highest BCUT2D eigenvalue weighted by atomic mass is 16.5. The SMILES string of the molecule is CC(C(=O)Nc1ccc(N2CCOCC2)cc1)C1CNC1. The van der Waals surface area contributed by atoms with Gasteiger partial charge in [-0.1, -0.05) is 6.92 Å². The third-order valence-electron chi connectivity index (χ3n) is 4.44. The van der Waals surface area contributed by atoms with Crippen LogP contribution in [0.3, 0.4) is 0 Å². The van der Waals surface area contributed by atoms with E-state index in [-0.39, 0.29) is 11.8 Å². The molecule has 114 valence electrons. The molecule has 2 heterocycles. The number of carbonyl (C=O) groups excluding carboxylic acids is 1. The minimum Gasteiger partial charge on any atom is -0.378 e. The summed E-state index contributed by atoms with van der Waals surface area (Å²) >= 11 is 0. The van der Waals surface area contributed by atoms with Crippen molar-refractivity contribution in [1.82, 2.24) is 5.32 Å². The van der Waals surface area contributed by atoms with E-state index in [1.54, 1.807) is 0 Å². The first-order valence-corrected chi connectivity index (χ1v) is 7.68. The first-order valence-electron chi connectivity index (χ1n) is 7.68. The van der Waals surface area contributed by atoms with Gasteiger partial charge in [0.2, 0.25) is 5.91 Å². The molecule has 2 N–H and O–H groups in total. The molecule has 1 aromatic rings. The van der Waals surface area contributed by atoms with Crippen LogP contribution in [0.25, 0.3) is 0 Å². The van der Waals surface area contributed by atoms with E-state index in [4.69, 9.17) is 4.74 Å². The van der Waals surface area contributed by atoms with Crippen LogP contribution in [-0.4, -0.2) is 45.3 Å². The lowest BCUT2D eigenvalue weighted by molar-refractivity contribution is -0.121.